The van der Waals surface area contributed by atoms with Gasteiger partial charge in [0.1, 0.15) is 11.5 Å². The highest BCUT2D eigenvalue weighted by Crippen LogP contribution is 2.29. The number of amides is 1. The van der Waals surface area contributed by atoms with Crippen molar-refractivity contribution in [3.8, 4) is 11.5 Å². The minimum atomic E-state index is -3.86. The lowest BCUT2D eigenvalue weighted by atomic mass is 10.1. The Labute approximate surface area is 192 Å². The van der Waals surface area contributed by atoms with Gasteiger partial charge in [-0.1, -0.05) is 23.7 Å². The zero-order chi connectivity index (χ0) is 23.3. The molecule has 168 valence electrons. The average Bonchev–Trinajstić information content (AvgIpc) is 2.76. The number of benzene rings is 3. The van der Waals surface area contributed by atoms with Gasteiger partial charge < -0.3 is 14.8 Å². The summed E-state index contributed by atoms with van der Waals surface area (Å²) in [6.07, 6.45) is 0. The van der Waals surface area contributed by atoms with Crippen LogP contribution in [-0.4, -0.2) is 28.0 Å². The topological polar surface area (TPSA) is 93.7 Å². The molecular weight excluding hydrogens is 452 g/mol. The van der Waals surface area contributed by atoms with Crippen LogP contribution in [0.3, 0.4) is 0 Å². The van der Waals surface area contributed by atoms with Gasteiger partial charge in [-0.3, -0.25) is 9.52 Å². The number of ether oxygens (including phenoxy) is 2. The van der Waals surface area contributed by atoms with Crippen molar-refractivity contribution in [1.82, 2.24) is 0 Å². The van der Waals surface area contributed by atoms with Crippen LogP contribution < -0.4 is 19.5 Å². The summed E-state index contributed by atoms with van der Waals surface area (Å²) in [7, 11) is -2.34. The highest BCUT2D eigenvalue weighted by atomic mass is 35.5. The second-order valence-electron chi connectivity index (χ2n) is 7.01. The van der Waals surface area contributed by atoms with E-state index in [0.29, 0.717) is 17.1 Å². The third-order valence-corrected chi connectivity index (χ3v) is 6.47. The maximum Gasteiger partial charge on any atom is 0.262 e. The molecule has 3 rings (SSSR count). The Hall–Kier alpha value is -3.23. The molecule has 3 aromatic rings. The molecule has 0 saturated heterocycles. The summed E-state index contributed by atoms with van der Waals surface area (Å²) >= 11 is 6.20. The average molecular weight is 475 g/mol. The van der Waals surface area contributed by atoms with Crippen LogP contribution in [0, 0.1) is 13.8 Å². The molecule has 3 aromatic carbocycles. The molecule has 32 heavy (non-hydrogen) atoms. The predicted octanol–water partition coefficient (Wildman–Crippen LogP) is 4.78. The van der Waals surface area contributed by atoms with Crippen molar-refractivity contribution in [3.05, 3.63) is 76.8 Å². The second kappa shape index (κ2) is 9.93. The number of carbonyl (C=O) groups is 1. The van der Waals surface area contributed by atoms with Crippen LogP contribution in [0.15, 0.2) is 65.6 Å². The molecule has 0 saturated carbocycles. The van der Waals surface area contributed by atoms with E-state index in [1.165, 1.54) is 25.3 Å². The van der Waals surface area contributed by atoms with Gasteiger partial charge in [0.05, 0.1) is 17.0 Å². The van der Waals surface area contributed by atoms with Gasteiger partial charge in [-0.2, -0.15) is 0 Å². The summed E-state index contributed by atoms with van der Waals surface area (Å²) in [6, 6.07) is 16.1. The monoisotopic (exact) mass is 474 g/mol. The molecular formula is C23H23ClN2O5S. The molecule has 0 aliphatic carbocycles. The molecule has 0 heterocycles. The van der Waals surface area contributed by atoms with E-state index in [0.717, 1.165) is 11.1 Å². The van der Waals surface area contributed by atoms with Crippen molar-refractivity contribution in [1.29, 1.82) is 0 Å². The van der Waals surface area contributed by atoms with Gasteiger partial charge in [0.2, 0.25) is 0 Å². The Bertz CT molecular complexity index is 1230. The molecule has 0 aliphatic heterocycles. The van der Waals surface area contributed by atoms with E-state index in [-0.39, 0.29) is 28.2 Å². The Balaban J connectivity index is 1.65. The van der Waals surface area contributed by atoms with Gasteiger partial charge in [-0.05, 0) is 73.5 Å². The van der Waals surface area contributed by atoms with E-state index in [9.17, 15) is 13.2 Å². The maximum atomic E-state index is 12.6. The summed E-state index contributed by atoms with van der Waals surface area (Å²) in [6.45, 7) is 3.60. The molecule has 0 radical (unpaired) electrons. The first-order valence-corrected chi connectivity index (χ1v) is 11.5. The highest BCUT2D eigenvalue weighted by Gasteiger charge is 2.17. The molecule has 7 nitrogen and oxygen atoms in total. The van der Waals surface area contributed by atoms with Crippen LogP contribution in [0.2, 0.25) is 5.02 Å². The number of aryl methyl sites for hydroxylation is 1. The molecule has 0 spiro atoms. The SMILES string of the molecule is COc1ccc(NS(=O)(=O)c2ccc(OCC(=O)Nc3cccc(C)c3C)c(Cl)c2)cc1. The van der Waals surface area contributed by atoms with Crippen LogP contribution in [0.5, 0.6) is 11.5 Å². The number of halogens is 1. The quantitative estimate of drug-likeness (QED) is 0.490. The second-order valence-corrected chi connectivity index (χ2v) is 9.10. The van der Waals surface area contributed by atoms with E-state index in [1.54, 1.807) is 24.3 Å². The zero-order valence-electron chi connectivity index (χ0n) is 17.8. The Morgan fingerprint density at radius 2 is 1.75 bits per heavy atom. The third kappa shape index (κ3) is 5.72. The van der Waals surface area contributed by atoms with Crippen molar-refractivity contribution in [2.24, 2.45) is 0 Å². The Morgan fingerprint density at radius 1 is 1.03 bits per heavy atom. The summed E-state index contributed by atoms with van der Waals surface area (Å²) in [5.41, 5.74) is 3.12. The fourth-order valence-corrected chi connectivity index (χ4v) is 4.24. The Morgan fingerprint density at radius 3 is 2.41 bits per heavy atom. The molecule has 0 aromatic heterocycles. The molecule has 0 aliphatic rings. The largest absolute Gasteiger partial charge is 0.497 e. The summed E-state index contributed by atoms with van der Waals surface area (Å²) in [4.78, 5) is 12.2. The first kappa shape index (κ1) is 23.4. The number of nitrogens with one attached hydrogen (secondary N) is 2. The maximum absolute atomic E-state index is 12.6. The van der Waals surface area contributed by atoms with E-state index in [2.05, 4.69) is 10.0 Å². The zero-order valence-corrected chi connectivity index (χ0v) is 19.4. The first-order valence-electron chi connectivity index (χ1n) is 9.65. The molecule has 9 heteroatoms. The van der Waals surface area contributed by atoms with Crippen molar-refractivity contribution in [2.75, 3.05) is 23.8 Å². The van der Waals surface area contributed by atoms with Crippen LogP contribution in [0.25, 0.3) is 0 Å². The van der Waals surface area contributed by atoms with E-state index < -0.39 is 10.0 Å². The van der Waals surface area contributed by atoms with Crippen molar-refractivity contribution in [2.45, 2.75) is 18.7 Å². The van der Waals surface area contributed by atoms with Gasteiger partial charge in [0.25, 0.3) is 15.9 Å². The smallest absolute Gasteiger partial charge is 0.262 e. The van der Waals surface area contributed by atoms with Crippen molar-refractivity contribution >= 4 is 38.9 Å². The number of methoxy groups -OCH3 is 1. The number of sulfonamides is 1. The van der Waals surface area contributed by atoms with Gasteiger partial charge in [-0.25, -0.2) is 8.42 Å². The highest BCUT2D eigenvalue weighted by molar-refractivity contribution is 7.92. The standard InChI is InChI=1S/C23H23ClN2O5S/c1-15-5-4-6-21(16(15)2)25-23(27)14-31-22-12-11-19(13-20(22)24)32(28,29)26-17-7-9-18(30-3)10-8-17/h4-13,26H,14H2,1-3H3,(H,25,27). The lowest BCUT2D eigenvalue weighted by Crippen LogP contribution is -2.21. The summed E-state index contributed by atoms with van der Waals surface area (Å²) in [5.74, 6) is 0.456. The first-order chi connectivity index (χ1) is 15.2. The van der Waals surface area contributed by atoms with Crippen LogP contribution in [-0.2, 0) is 14.8 Å². The van der Waals surface area contributed by atoms with Crippen LogP contribution >= 0.6 is 11.6 Å². The van der Waals surface area contributed by atoms with Crippen molar-refractivity contribution in [3.63, 3.8) is 0 Å². The lowest BCUT2D eigenvalue weighted by Gasteiger charge is -2.13. The van der Waals surface area contributed by atoms with Crippen LogP contribution in [0.1, 0.15) is 11.1 Å². The molecule has 1 amide bonds. The van der Waals surface area contributed by atoms with Crippen molar-refractivity contribution < 1.29 is 22.7 Å². The fourth-order valence-electron chi connectivity index (χ4n) is 2.86. The number of hydrogen-bond acceptors (Lipinski definition) is 5. The predicted molar refractivity (Wildman–Crippen MR) is 125 cm³/mol. The number of rotatable bonds is 8. The van der Waals surface area contributed by atoms with Gasteiger partial charge in [0.15, 0.2) is 6.61 Å². The van der Waals surface area contributed by atoms with E-state index in [1.807, 2.05) is 32.0 Å². The number of anilines is 2. The molecule has 0 atom stereocenters. The van der Waals surface area contributed by atoms with Crippen LogP contribution in [0.4, 0.5) is 11.4 Å². The lowest BCUT2D eigenvalue weighted by molar-refractivity contribution is -0.118. The van der Waals surface area contributed by atoms with Gasteiger partial charge >= 0.3 is 0 Å². The molecule has 2 N–H and O–H groups in total. The van der Waals surface area contributed by atoms with Gasteiger partial charge in [-0.15, -0.1) is 0 Å². The summed E-state index contributed by atoms with van der Waals surface area (Å²) < 4.78 is 38.3. The minimum absolute atomic E-state index is 0.0366. The molecule has 0 bridgehead atoms. The summed E-state index contributed by atoms with van der Waals surface area (Å²) in [5, 5.41) is 2.86. The van der Waals surface area contributed by atoms with Gasteiger partial charge in [0, 0.05) is 11.4 Å². The van der Waals surface area contributed by atoms with E-state index in [4.69, 9.17) is 21.1 Å². The van der Waals surface area contributed by atoms with E-state index >= 15 is 0 Å². The normalized spacial score (nSPS) is 11.0. The third-order valence-electron chi connectivity index (χ3n) is 4.79. The molecule has 0 unspecified atom stereocenters. The molecule has 0 fully saturated rings. The number of hydrogen-bond donors (Lipinski definition) is 2. The Kier molecular flexibility index (Phi) is 7.27. The fraction of sp³-hybridized carbons (Fsp3) is 0.174. The number of carbonyl (C=O) groups excluding carboxylic acids is 1. The minimum Gasteiger partial charge on any atom is -0.497 e.